The van der Waals surface area contributed by atoms with Crippen molar-refractivity contribution >= 4 is 60.9 Å². The first-order valence-corrected chi connectivity index (χ1v) is 19.2. The summed E-state index contributed by atoms with van der Waals surface area (Å²) in [5.74, 6) is 0.580. The summed E-state index contributed by atoms with van der Waals surface area (Å²) < 4.78 is 13.1. The molecule has 2 heterocycles. The lowest BCUT2D eigenvalue weighted by molar-refractivity contribution is 0.621. The summed E-state index contributed by atoms with van der Waals surface area (Å²) in [6.45, 7) is 0. The van der Waals surface area contributed by atoms with E-state index in [-0.39, 0.29) is 0 Å². The maximum Gasteiger partial charge on any atom is 0.227 e. The van der Waals surface area contributed by atoms with Crippen LogP contribution in [0.5, 0.6) is 0 Å². The van der Waals surface area contributed by atoms with Crippen molar-refractivity contribution in [1.82, 2.24) is 4.98 Å². The van der Waals surface area contributed by atoms with Crippen molar-refractivity contribution in [3.05, 3.63) is 206 Å². The summed E-state index contributed by atoms with van der Waals surface area (Å²) in [6.07, 6.45) is 0. The number of benzene rings is 9. The van der Waals surface area contributed by atoms with Crippen molar-refractivity contribution in [1.29, 1.82) is 0 Å². The maximum absolute atomic E-state index is 6.66. The molecule has 268 valence electrons. The number of nitrogens with zero attached hydrogens (tertiary/aromatic N) is 2. The molecule has 0 atom stereocenters. The molecule has 0 spiro atoms. The van der Waals surface area contributed by atoms with Gasteiger partial charge in [-0.1, -0.05) is 146 Å². The number of hydrogen-bond acceptors (Lipinski definition) is 4. The third-order valence-electron chi connectivity index (χ3n) is 10.9. The lowest BCUT2D eigenvalue weighted by Crippen LogP contribution is -2.11. The Kier molecular flexibility index (Phi) is 7.78. The number of oxazole rings is 1. The molecule has 4 heteroatoms. The molecule has 0 fully saturated rings. The Balaban J connectivity index is 1.07. The largest absolute Gasteiger partial charge is 0.456 e. The predicted molar refractivity (Wildman–Crippen MR) is 235 cm³/mol. The highest BCUT2D eigenvalue weighted by Crippen LogP contribution is 2.45. The minimum Gasteiger partial charge on any atom is -0.456 e. The van der Waals surface area contributed by atoms with Gasteiger partial charge in [0.25, 0.3) is 0 Å². The number of hydrogen-bond donors (Lipinski definition) is 0. The molecule has 0 aliphatic carbocycles. The predicted octanol–water partition coefficient (Wildman–Crippen LogP) is 15.0. The number of rotatable bonds is 7. The van der Waals surface area contributed by atoms with Crippen molar-refractivity contribution in [3.63, 3.8) is 0 Å². The third-order valence-corrected chi connectivity index (χ3v) is 10.9. The number of para-hydroxylation sites is 2. The van der Waals surface area contributed by atoms with Crippen molar-refractivity contribution < 1.29 is 8.83 Å². The molecule has 0 aliphatic heterocycles. The van der Waals surface area contributed by atoms with Crippen molar-refractivity contribution in [3.8, 4) is 44.8 Å². The molecule has 4 nitrogen and oxygen atoms in total. The molecule has 0 aliphatic rings. The fourth-order valence-corrected chi connectivity index (χ4v) is 8.16. The van der Waals surface area contributed by atoms with Gasteiger partial charge in [0, 0.05) is 44.9 Å². The lowest BCUT2D eigenvalue weighted by atomic mass is 9.97. The summed E-state index contributed by atoms with van der Waals surface area (Å²) in [5, 5.41) is 4.52. The number of furan rings is 1. The van der Waals surface area contributed by atoms with Gasteiger partial charge in [0.15, 0.2) is 5.58 Å². The van der Waals surface area contributed by atoms with Crippen LogP contribution in [0.1, 0.15) is 0 Å². The van der Waals surface area contributed by atoms with Crippen LogP contribution in [0, 0.1) is 0 Å². The van der Waals surface area contributed by atoms with Crippen molar-refractivity contribution in [2.45, 2.75) is 0 Å². The van der Waals surface area contributed by atoms with Crippen LogP contribution in [-0.4, -0.2) is 4.98 Å². The first kappa shape index (κ1) is 32.7. The zero-order chi connectivity index (χ0) is 37.7. The second-order valence-electron chi connectivity index (χ2n) is 14.3. The van der Waals surface area contributed by atoms with E-state index in [1.165, 1.54) is 21.9 Å². The van der Waals surface area contributed by atoms with E-state index in [9.17, 15) is 0 Å². The highest BCUT2D eigenvalue weighted by atomic mass is 16.4. The number of anilines is 3. The monoisotopic (exact) mass is 730 g/mol. The van der Waals surface area contributed by atoms with Crippen LogP contribution in [0.3, 0.4) is 0 Å². The molecule has 2 aromatic heterocycles. The fourth-order valence-electron chi connectivity index (χ4n) is 8.16. The summed E-state index contributed by atoms with van der Waals surface area (Å²) in [5.41, 5.74) is 13.8. The van der Waals surface area contributed by atoms with Gasteiger partial charge in [0.2, 0.25) is 5.89 Å². The van der Waals surface area contributed by atoms with Gasteiger partial charge in [-0.25, -0.2) is 4.98 Å². The molecule has 0 N–H and O–H groups in total. The highest BCUT2D eigenvalue weighted by molar-refractivity contribution is 6.19. The van der Waals surface area contributed by atoms with Gasteiger partial charge in [0.1, 0.15) is 16.7 Å². The van der Waals surface area contributed by atoms with Gasteiger partial charge >= 0.3 is 0 Å². The van der Waals surface area contributed by atoms with Crippen molar-refractivity contribution in [2.24, 2.45) is 0 Å². The van der Waals surface area contributed by atoms with Gasteiger partial charge in [-0.2, -0.15) is 0 Å². The summed E-state index contributed by atoms with van der Waals surface area (Å²) in [7, 11) is 0. The Labute approximate surface area is 329 Å². The van der Waals surface area contributed by atoms with Crippen LogP contribution in [0.2, 0.25) is 0 Å². The Bertz CT molecular complexity index is 3220. The average molecular weight is 731 g/mol. The normalized spacial score (nSPS) is 11.5. The molecule has 9 aromatic carbocycles. The molecule has 0 bridgehead atoms. The summed E-state index contributed by atoms with van der Waals surface area (Å²) in [6, 6.07) is 72.3. The van der Waals surface area contributed by atoms with Crippen molar-refractivity contribution in [2.75, 3.05) is 4.90 Å². The van der Waals surface area contributed by atoms with E-state index < -0.39 is 0 Å². The van der Waals surface area contributed by atoms with Gasteiger partial charge < -0.3 is 13.7 Å². The van der Waals surface area contributed by atoms with E-state index in [4.69, 9.17) is 13.8 Å². The zero-order valence-electron chi connectivity index (χ0n) is 30.8. The van der Waals surface area contributed by atoms with E-state index in [1.54, 1.807) is 0 Å². The van der Waals surface area contributed by atoms with Gasteiger partial charge in [-0.05, 0) is 87.6 Å². The molecule has 0 radical (unpaired) electrons. The summed E-state index contributed by atoms with van der Waals surface area (Å²) in [4.78, 5) is 7.31. The van der Waals surface area contributed by atoms with Gasteiger partial charge in [-0.3, -0.25) is 0 Å². The van der Waals surface area contributed by atoms with E-state index in [0.29, 0.717) is 5.89 Å². The van der Waals surface area contributed by atoms with E-state index in [2.05, 4.69) is 163 Å². The average Bonchev–Trinajstić information content (AvgIpc) is 3.88. The summed E-state index contributed by atoms with van der Waals surface area (Å²) >= 11 is 0. The van der Waals surface area contributed by atoms with Crippen LogP contribution < -0.4 is 4.90 Å². The molecule has 11 aromatic rings. The standard InChI is InChI=1S/C53H34N2O2/c1-3-14-37(15-4-1)44-19-9-11-21-47(44)55(42-29-25-36(26-30-42)41-24-23-35-13-7-8-18-40(35)33-41)43-31-27-38(28-32-43)50-51-45-20-10-12-22-48(45)56-49(51)34-46-52(50)57-53(54-46)39-16-5-2-6-17-39/h1-34H. The SMILES string of the molecule is c1ccc(-c2nc3cc4oc5ccccc5c4c(-c4ccc(N(c5ccc(-c6ccc7ccccc7c6)cc5)c5ccccc5-c5ccccc5)cc4)c3o2)cc1. The van der Waals surface area contributed by atoms with Crippen LogP contribution in [0.4, 0.5) is 17.1 Å². The quantitative estimate of drug-likeness (QED) is 0.164. The molecule has 0 saturated heterocycles. The number of aromatic nitrogens is 1. The molecule has 0 saturated carbocycles. The van der Waals surface area contributed by atoms with Gasteiger partial charge in [0.05, 0.1) is 5.69 Å². The van der Waals surface area contributed by atoms with Gasteiger partial charge in [-0.15, -0.1) is 0 Å². The topological polar surface area (TPSA) is 42.4 Å². The molecule has 0 unspecified atom stereocenters. The molecular weight excluding hydrogens is 697 g/mol. The Morgan fingerprint density at radius 1 is 0.404 bits per heavy atom. The minimum absolute atomic E-state index is 0.580. The molecule has 11 rings (SSSR count). The second kappa shape index (κ2) is 13.6. The van der Waals surface area contributed by atoms with Crippen LogP contribution >= 0.6 is 0 Å². The Morgan fingerprint density at radius 2 is 1.02 bits per heavy atom. The van der Waals surface area contributed by atoms with E-state index in [0.717, 1.165) is 77.9 Å². The third kappa shape index (κ3) is 5.74. The smallest absolute Gasteiger partial charge is 0.227 e. The van der Waals surface area contributed by atoms with E-state index >= 15 is 0 Å². The number of fused-ring (bicyclic) bond motifs is 5. The Morgan fingerprint density at radius 3 is 1.79 bits per heavy atom. The zero-order valence-corrected chi connectivity index (χ0v) is 30.8. The molecular formula is C53H34N2O2. The first-order valence-electron chi connectivity index (χ1n) is 19.2. The maximum atomic E-state index is 6.66. The second-order valence-corrected chi connectivity index (χ2v) is 14.3. The van der Waals surface area contributed by atoms with Crippen LogP contribution in [0.25, 0.3) is 88.6 Å². The lowest BCUT2D eigenvalue weighted by Gasteiger charge is -2.28. The fraction of sp³-hybridized carbons (Fsp3) is 0. The highest BCUT2D eigenvalue weighted by Gasteiger charge is 2.23. The van der Waals surface area contributed by atoms with Crippen LogP contribution in [-0.2, 0) is 0 Å². The molecule has 57 heavy (non-hydrogen) atoms. The van der Waals surface area contributed by atoms with E-state index in [1.807, 2.05) is 48.5 Å². The van der Waals surface area contributed by atoms with Crippen LogP contribution in [0.15, 0.2) is 215 Å². The first-order chi connectivity index (χ1) is 28.2. The molecule has 0 amide bonds. The minimum atomic E-state index is 0.580. The Hall–Kier alpha value is -7.69.